The van der Waals surface area contributed by atoms with E-state index in [2.05, 4.69) is 34.2 Å². The fraction of sp³-hybridized carbons (Fsp3) is 0.429. The third-order valence-electron chi connectivity index (χ3n) is 2.86. The number of aryl methyl sites for hydroxylation is 1. The Bertz CT molecular complexity index is 622. The molecule has 0 aliphatic heterocycles. The highest BCUT2D eigenvalue weighted by molar-refractivity contribution is 5.90. The predicted molar refractivity (Wildman–Crippen MR) is 80.4 cm³/mol. The number of rotatable bonds is 7. The monoisotopic (exact) mass is 288 g/mol. The van der Waals surface area contributed by atoms with E-state index in [1.165, 1.54) is 4.68 Å². The second-order valence-corrected chi connectivity index (χ2v) is 4.71. The molecule has 112 valence electrons. The zero-order valence-corrected chi connectivity index (χ0v) is 12.3. The first-order chi connectivity index (χ1) is 10.1. The maximum atomic E-state index is 11.1. The third-order valence-corrected chi connectivity index (χ3v) is 2.86. The van der Waals surface area contributed by atoms with Crippen LogP contribution in [0.1, 0.15) is 43.0 Å². The molecule has 0 aliphatic rings. The number of nitrogens with two attached hydrogens (primary N) is 1. The van der Waals surface area contributed by atoms with Gasteiger partial charge in [0.2, 0.25) is 0 Å². The molecule has 3 N–H and O–H groups in total. The molecule has 0 aliphatic carbocycles. The maximum absolute atomic E-state index is 11.1. The van der Waals surface area contributed by atoms with Crippen LogP contribution in [0.25, 0.3) is 5.82 Å². The van der Waals surface area contributed by atoms with Crippen molar-refractivity contribution in [1.82, 2.24) is 19.7 Å². The Labute approximate surface area is 123 Å². The van der Waals surface area contributed by atoms with E-state index in [9.17, 15) is 4.79 Å². The molecule has 7 heteroatoms. The summed E-state index contributed by atoms with van der Waals surface area (Å²) < 4.78 is 1.54. The Hall–Kier alpha value is -2.44. The lowest BCUT2D eigenvalue weighted by Crippen LogP contribution is -2.13. The number of carbonyl (C=O) groups excluding carboxylic acids is 1. The van der Waals surface area contributed by atoms with Gasteiger partial charge in [-0.15, -0.1) is 0 Å². The van der Waals surface area contributed by atoms with Crippen LogP contribution in [0, 0.1) is 0 Å². The SMILES string of the molecule is CCCNc1cc(-n2ccc(C(N)=O)n2)nc(CCC)n1. The molecular formula is C14H20N6O. The van der Waals surface area contributed by atoms with Crippen LogP contribution in [0.3, 0.4) is 0 Å². The topological polar surface area (TPSA) is 98.7 Å². The van der Waals surface area contributed by atoms with E-state index < -0.39 is 5.91 Å². The molecule has 0 fully saturated rings. The molecule has 2 rings (SSSR count). The molecular weight excluding hydrogens is 268 g/mol. The van der Waals surface area contributed by atoms with Crippen molar-refractivity contribution in [2.75, 3.05) is 11.9 Å². The smallest absolute Gasteiger partial charge is 0.269 e. The van der Waals surface area contributed by atoms with Gasteiger partial charge in [0.1, 0.15) is 17.3 Å². The number of nitrogens with one attached hydrogen (secondary N) is 1. The Morgan fingerprint density at radius 1 is 1.33 bits per heavy atom. The molecule has 2 aromatic rings. The molecule has 1 amide bonds. The van der Waals surface area contributed by atoms with Gasteiger partial charge in [-0.1, -0.05) is 13.8 Å². The molecule has 0 saturated heterocycles. The molecule has 0 atom stereocenters. The first-order valence-corrected chi connectivity index (χ1v) is 7.11. The summed E-state index contributed by atoms with van der Waals surface area (Å²) in [5.41, 5.74) is 5.43. The van der Waals surface area contributed by atoms with Crippen LogP contribution in [0.5, 0.6) is 0 Å². The molecule has 0 aromatic carbocycles. The average molecular weight is 288 g/mol. The Morgan fingerprint density at radius 2 is 2.14 bits per heavy atom. The number of primary amides is 1. The van der Waals surface area contributed by atoms with Gasteiger partial charge in [0.15, 0.2) is 5.82 Å². The van der Waals surface area contributed by atoms with Crippen molar-refractivity contribution in [3.05, 3.63) is 29.8 Å². The second-order valence-electron chi connectivity index (χ2n) is 4.71. The number of carbonyl (C=O) groups is 1. The Kier molecular flexibility index (Phi) is 4.86. The van der Waals surface area contributed by atoms with Gasteiger partial charge in [0.05, 0.1) is 0 Å². The summed E-state index contributed by atoms with van der Waals surface area (Å²) >= 11 is 0. The fourth-order valence-corrected chi connectivity index (χ4v) is 1.86. The van der Waals surface area contributed by atoms with Gasteiger partial charge in [-0.3, -0.25) is 4.79 Å². The van der Waals surface area contributed by atoms with Gasteiger partial charge >= 0.3 is 0 Å². The highest BCUT2D eigenvalue weighted by Gasteiger charge is 2.09. The largest absolute Gasteiger partial charge is 0.370 e. The van der Waals surface area contributed by atoms with Gasteiger partial charge in [0.25, 0.3) is 5.91 Å². The normalized spacial score (nSPS) is 10.6. The molecule has 0 unspecified atom stereocenters. The van der Waals surface area contributed by atoms with E-state index >= 15 is 0 Å². The van der Waals surface area contributed by atoms with Crippen molar-refractivity contribution in [3.63, 3.8) is 0 Å². The van der Waals surface area contributed by atoms with Crippen LogP contribution in [-0.2, 0) is 6.42 Å². The molecule has 21 heavy (non-hydrogen) atoms. The van der Waals surface area contributed by atoms with Crippen molar-refractivity contribution in [2.45, 2.75) is 33.1 Å². The summed E-state index contributed by atoms with van der Waals surface area (Å²) in [5, 5.41) is 7.38. The minimum atomic E-state index is -0.555. The molecule has 2 aromatic heterocycles. The number of hydrogen-bond acceptors (Lipinski definition) is 5. The summed E-state index contributed by atoms with van der Waals surface area (Å²) in [4.78, 5) is 20.1. The van der Waals surface area contributed by atoms with Crippen LogP contribution in [-0.4, -0.2) is 32.2 Å². The number of hydrogen-bond donors (Lipinski definition) is 2. The lowest BCUT2D eigenvalue weighted by molar-refractivity contribution is 0.0995. The first-order valence-electron chi connectivity index (χ1n) is 7.11. The number of nitrogens with zero attached hydrogens (tertiary/aromatic N) is 4. The van der Waals surface area contributed by atoms with Gasteiger partial charge in [-0.2, -0.15) is 5.10 Å². The summed E-state index contributed by atoms with van der Waals surface area (Å²) in [6.45, 7) is 5.01. The van der Waals surface area contributed by atoms with E-state index in [-0.39, 0.29) is 5.69 Å². The number of aromatic nitrogens is 4. The predicted octanol–water partition coefficient (Wildman–Crippen LogP) is 1.54. The van der Waals surface area contributed by atoms with Crippen LogP contribution < -0.4 is 11.1 Å². The van der Waals surface area contributed by atoms with E-state index in [0.717, 1.165) is 37.4 Å². The molecule has 7 nitrogen and oxygen atoms in total. The summed E-state index contributed by atoms with van der Waals surface area (Å²) in [6, 6.07) is 3.38. The van der Waals surface area contributed by atoms with E-state index in [1.807, 2.05) is 6.07 Å². The lowest BCUT2D eigenvalue weighted by Gasteiger charge is -2.09. The second kappa shape index (κ2) is 6.83. The number of amides is 1. The average Bonchev–Trinajstić information content (AvgIpc) is 2.95. The van der Waals surface area contributed by atoms with Crippen molar-refractivity contribution in [1.29, 1.82) is 0 Å². The van der Waals surface area contributed by atoms with Crippen LogP contribution in [0.2, 0.25) is 0 Å². The van der Waals surface area contributed by atoms with Gasteiger partial charge in [0, 0.05) is 25.2 Å². The summed E-state index contributed by atoms with van der Waals surface area (Å²) in [6.07, 6.45) is 4.43. The lowest BCUT2D eigenvalue weighted by atomic mass is 10.3. The highest BCUT2D eigenvalue weighted by Crippen LogP contribution is 2.12. The standard InChI is InChI=1S/C14H20N6O/c1-3-5-11-17-12(16-7-4-2)9-13(18-11)20-8-6-10(19-20)14(15)21/h6,8-9H,3-5,7H2,1-2H3,(H2,15,21)(H,16,17,18). The van der Waals surface area contributed by atoms with Crippen molar-refractivity contribution >= 4 is 11.7 Å². The Morgan fingerprint density at radius 3 is 2.76 bits per heavy atom. The molecule has 0 radical (unpaired) electrons. The van der Waals surface area contributed by atoms with E-state index in [0.29, 0.717) is 5.82 Å². The quantitative estimate of drug-likeness (QED) is 0.805. The minimum absolute atomic E-state index is 0.216. The van der Waals surface area contributed by atoms with Gasteiger partial charge in [-0.05, 0) is 18.9 Å². The maximum Gasteiger partial charge on any atom is 0.269 e. The first kappa shape index (κ1) is 15.0. The van der Waals surface area contributed by atoms with Crippen molar-refractivity contribution in [3.8, 4) is 5.82 Å². The molecule has 0 saturated carbocycles. The number of anilines is 1. The van der Waals surface area contributed by atoms with Crippen LogP contribution >= 0.6 is 0 Å². The molecule has 0 bridgehead atoms. The van der Waals surface area contributed by atoms with Gasteiger partial charge in [-0.25, -0.2) is 14.6 Å². The van der Waals surface area contributed by atoms with Crippen LogP contribution in [0.15, 0.2) is 18.3 Å². The summed E-state index contributed by atoms with van der Waals surface area (Å²) in [5.74, 6) is 1.59. The zero-order valence-electron chi connectivity index (χ0n) is 12.3. The third kappa shape index (κ3) is 3.77. The minimum Gasteiger partial charge on any atom is -0.370 e. The van der Waals surface area contributed by atoms with E-state index in [4.69, 9.17) is 5.73 Å². The van der Waals surface area contributed by atoms with Crippen LogP contribution in [0.4, 0.5) is 5.82 Å². The van der Waals surface area contributed by atoms with Gasteiger partial charge < -0.3 is 11.1 Å². The van der Waals surface area contributed by atoms with Crippen molar-refractivity contribution < 1.29 is 4.79 Å². The summed E-state index contributed by atoms with van der Waals surface area (Å²) in [7, 11) is 0. The van der Waals surface area contributed by atoms with Crippen molar-refractivity contribution in [2.24, 2.45) is 5.73 Å². The molecule has 0 spiro atoms. The zero-order chi connectivity index (χ0) is 15.2. The van der Waals surface area contributed by atoms with E-state index in [1.54, 1.807) is 12.3 Å². The Balaban J connectivity index is 2.35. The molecule has 2 heterocycles. The fourth-order valence-electron chi connectivity index (χ4n) is 1.86. The highest BCUT2D eigenvalue weighted by atomic mass is 16.1.